The number of carbonyl (C=O) groups excluding carboxylic acids is 2. The van der Waals surface area contributed by atoms with Crippen molar-refractivity contribution in [1.82, 2.24) is 5.48 Å². The molecule has 2 aromatic carbocycles. The first-order valence-electron chi connectivity index (χ1n) is 8.47. The Morgan fingerprint density at radius 1 is 1.11 bits per heavy atom. The molecule has 0 bridgehead atoms. The monoisotopic (exact) mass is 421 g/mol. The van der Waals surface area contributed by atoms with E-state index in [-0.39, 0.29) is 8.77 Å². The molecule has 1 saturated carbocycles. The third-order valence-electron chi connectivity index (χ3n) is 4.45. The van der Waals surface area contributed by atoms with Crippen LogP contribution in [0.2, 0.25) is 4.20 Å². The Labute approximate surface area is 162 Å². The Balaban J connectivity index is 1.47. The summed E-state index contributed by atoms with van der Waals surface area (Å²) in [5.74, 6) is 6.27. The molecule has 134 valence electrons. The molecule has 0 radical (unpaired) electrons. The van der Waals surface area contributed by atoms with Crippen LogP contribution in [0.4, 0.5) is 0 Å². The first kappa shape index (κ1) is 17.6. The quantitative estimate of drug-likeness (QED) is 0.294. The molecule has 3 aromatic rings. The van der Waals surface area contributed by atoms with Crippen LogP contribution in [0.15, 0.2) is 59.0 Å². The zero-order valence-corrected chi connectivity index (χ0v) is 16.4. The summed E-state index contributed by atoms with van der Waals surface area (Å²) in [6, 6.07) is 16.1. The number of para-hydroxylation sites is 1. The van der Waals surface area contributed by atoms with Gasteiger partial charge in [-0.05, 0) is 0 Å². The van der Waals surface area contributed by atoms with E-state index in [1.165, 1.54) is 0 Å². The van der Waals surface area contributed by atoms with Gasteiger partial charge in [0.25, 0.3) is 0 Å². The van der Waals surface area contributed by atoms with Crippen LogP contribution in [0.5, 0.6) is 0 Å². The molecule has 1 unspecified atom stereocenters. The molecule has 5 nitrogen and oxygen atoms in total. The van der Waals surface area contributed by atoms with Gasteiger partial charge in [0.05, 0.1) is 0 Å². The predicted molar refractivity (Wildman–Crippen MR) is 102 cm³/mol. The van der Waals surface area contributed by atoms with Crippen LogP contribution < -0.4 is 5.48 Å². The van der Waals surface area contributed by atoms with Crippen LogP contribution in [0, 0.1) is 11.8 Å². The average Bonchev–Trinajstić information content (AvgIpc) is 3.32. The van der Waals surface area contributed by atoms with Crippen LogP contribution in [-0.2, 0) is 0 Å². The van der Waals surface area contributed by atoms with Crippen molar-refractivity contribution in [1.29, 1.82) is 0 Å². The van der Waals surface area contributed by atoms with Crippen LogP contribution in [-0.4, -0.2) is 31.4 Å². The van der Waals surface area contributed by atoms with Crippen molar-refractivity contribution in [3.63, 3.8) is 0 Å². The van der Waals surface area contributed by atoms with Gasteiger partial charge in [0, 0.05) is 0 Å². The summed E-state index contributed by atoms with van der Waals surface area (Å²) in [5.41, 5.74) is 3.46. The summed E-state index contributed by atoms with van der Waals surface area (Å²) in [5, 5.41) is 9.58. The van der Waals surface area contributed by atoms with Gasteiger partial charge >= 0.3 is 162 Å². The van der Waals surface area contributed by atoms with Gasteiger partial charge in [-0.2, -0.15) is 0 Å². The van der Waals surface area contributed by atoms with Crippen LogP contribution >= 0.6 is 0 Å². The fraction of sp³-hybridized carbons (Fsp3) is 0.143. The molecule has 27 heavy (non-hydrogen) atoms. The molecular formula is C21H16AsNO4. The number of fused-ring (bicyclic) bond motifs is 1. The number of benzene rings is 2. The Morgan fingerprint density at radius 2 is 1.85 bits per heavy atom. The van der Waals surface area contributed by atoms with Crippen molar-refractivity contribution in [2.75, 3.05) is 0 Å². The number of furan rings is 1. The minimum atomic E-state index is -0.968. The van der Waals surface area contributed by atoms with Gasteiger partial charge in [-0.1, -0.05) is 0 Å². The first-order chi connectivity index (χ1) is 13.1. The van der Waals surface area contributed by atoms with Crippen molar-refractivity contribution in [2.24, 2.45) is 0 Å². The van der Waals surface area contributed by atoms with Gasteiger partial charge in [-0.15, -0.1) is 0 Å². The molecule has 0 saturated heterocycles. The normalized spacial score (nSPS) is 14.7. The van der Waals surface area contributed by atoms with Crippen LogP contribution in [0.3, 0.4) is 0 Å². The Bertz CT molecular complexity index is 1050. The topological polar surface area (TPSA) is 79.5 Å². The first-order valence-corrected chi connectivity index (χ1v) is 10.6. The zero-order valence-electron chi connectivity index (χ0n) is 14.3. The molecule has 1 aliphatic rings. The standard InChI is InChI=1S/C21H16AsNO4/c24-19(18-13-16-3-1-2-4-17(16)27-18)22-21(11-12-21)10-9-14-5-7-15(8-6-14)20(25)23-26/h1-8,13,22,26H,11-12H2,(H,23,25). The number of hydrogen-bond acceptors (Lipinski definition) is 4. The maximum atomic E-state index is 12.7. The Morgan fingerprint density at radius 3 is 2.52 bits per heavy atom. The summed E-state index contributed by atoms with van der Waals surface area (Å²) in [4.78, 5) is 24.0. The van der Waals surface area contributed by atoms with E-state index >= 15 is 0 Å². The SMILES string of the molecule is O=C(NO)c1ccc(C#CC2([AsH]C(=O)c3cc4ccccc4o3)CC2)cc1. The van der Waals surface area contributed by atoms with Gasteiger partial charge in [0.1, 0.15) is 0 Å². The Kier molecular flexibility index (Phi) is 4.61. The van der Waals surface area contributed by atoms with E-state index in [2.05, 4.69) is 11.8 Å². The molecule has 6 heteroatoms. The number of amides is 1. The summed E-state index contributed by atoms with van der Waals surface area (Å²) in [6.07, 6.45) is 1.88. The van der Waals surface area contributed by atoms with E-state index in [0.717, 1.165) is 29.4 Å². The van der Waals surface area contributed by atoms with E-state index in [1.54, 1.807) is 29.7 Å². The molecule has 1 atom stereocenters. The van der Waals surface area contributed by atoms with Crippen molar-refractivity contribution in [2.45, 2.75) is 17.0 Å². The summed E-state index contributed by atoms with van der Waals surface area (Å²) in [6.45, 7) is 0. The third-order valence-corrected chi connectivity index (χ3v) is 7.76. The fourth-order valence-corrected chi connectivity index (χ4v) is 5.22. The maximum absolute atomic E-state index is 12.7. The second-order valence-electron chi connectivity index (χ2n) is 6.45. The van der Waals surface area contributed by atoms with Crippen LogP contribution in [0.1, 0.15) is 39.3 Å². The third kappa shape index (κ3) is 3.83. The predicted octanol–water partition coefficient (Wildman–Crippen LogP) is 3.13. The van der Waals surface area contributed by atoms with Crippen molar-refractivity contribution in [3.05, 3.63) is 71.5 Å². The summed E-state index contributed by atoms with van der Waals surface area (Å²) >= 11 is -0.968. The van der Waals surface area contributed by atoms with Gasteiger partial charge < -0.3 is 0 Å². The second kappa shape index (κ2) is 7.07. The number of hydroxylamine groups is 1. The average molecular weight is 421 g/mol. The number of carbonyl (C=O) groups is 2. The van der Waals surface area contributed by atoms with E-state index in [9.17, 15) is 9.59 Å². The van der Waals surface area contributed by atoms with Crippen molar-refractivity contribution in [3.8, 4) is 11.8 Å². The summed E-state index contributed by atoms with van der Waals surface area (Å²) < 4.78 is 5.61. The number of hydrogen-bond donors (Lipinski definition) is 2. The van der Waals surface area contributed by atoms with E-state index < -0.39 is 21.7 Å². The van der Waals surface area contributed by atoms with Crippen molar-refractivity contribution < 1.29 is 19.2 Å². The molecule has 1 amide bonds. The van der Waals surface area contributed by atoms with Gasteiger partial charge in [-0.25, -0.2) is 0 Å². The molecule has 0 spiro atoms. The van der Waals surface area contributed by atoms with Crippen molar-refractivity contribution >= 4 is 37.2 Å². The van der Waals surface area contributed by atoms with Gasteiger partial charge in [-0.3, -0.25) is 0 Å². The zero-order chi connectivity index (χ0) is 18.9. The van der Waals surface area contributed by atoms with E-state index in [0.29, 0.717) is 11.3 Å². The minimum absolute atomic E-state index is 0.0907. The summed E-state index contributed by atoms with van der Waals surface area (Å²) in [7, 11) is 0. The molecular weight excluding hydrogens is 405 g/mol. The molecule has 0 aliphatic heterocycles. The molecule has 1 aliphatic carbocycles. The fourth-order valence-electron chi connectivity index (χ4n) is 2.74. The molecule has 4 rings (SSSR count). The molecule has 1 fully saturated rings. The van der Waals surface area contributed by atoms with E-state index in [1.807, 2.05) is 30.3 Å². The molecule has 1 heterocycles. The van der Waals surface area contributed by atoms with Gasteiger partial charge in [0.15, 0.2) is 0 Å². The van der Waals surface area contributed by atoms with E-state index in [4.69, 9.17) is 9.62 Å². The Hall–Kier alpha value is -2.80. The van der Waals surface area contributed by atoms with Crippen LogP contribution in [0.25, 0.3) is 11.0 Å². The number of rotatable bonds is 4. The second-order valence-corrected chi connectivity index (χ2v) is 9.94. The number of nitrogens with one attached hydrogen (secondary N) is 1. The van der Waals surface area contributed by atoms with Gasteiger partial charge in [0.2, 0.25) is 0 Å². The molecule has 1 aromatic heterocycles. The molecule has 2 N–H and O–H groups in total.